The number of hydrogen-bond donors (Lipinski definition) is 2. The second-order valence-electron chi connectivity index (χ2n) is 9.56. The number of aliphatic hydroxyl groups is 1. The van der Waals surface area contributed by atoms with E-state index in [1.54, 1.807) is 11.1 Å². The van der Waals surface area contributed by atoms with Gasteiger partial charge in [0.15, 0.2) is 10.6 Å². The third-order valence-corrected chi connectivity index (χ3v) is 8.30. The number of carboxylic acid groups (broad SMARTS) is 1. The molecule has 1 aliphatic carbocycles. The van der Waals surface area contributed by atoms with E-state index in [1.807, 2.05) is 16.7 Å². The van der Waals surface area contributed by atoms with E-state index in [1.165, 1.54) is 6.20 Å². The second-order valence-corrected chi connectivity index (χ2v) is 10.7. The Morgan fingerprint density at radius 3 is 2.64 bits per heavy atom. The molecule has 36 heavy (non-hydrogen) atoms. The molecule has 0 spiro atoms. The van der Waals surface area contributed by atoms with Gasteiger partial charge in [0.25, 0.3) is 0 Å². The molecular weight excluding hydrogens is 497 g/mol. The van der Waals surface area contributed by atoms with Crippen molar-refractivity contribution in [1.29, 1.82) is 0 Å². The van der Waals surface area contributed by atoms with E-state index >= 15 is 0 Å². The summed E-state index contributed by atoms with van der Waals surface area (Å²) in [6.45, 7) is 1.01. The summed E-state index contributed by atoms with van der Waals surface area (Å²) < 4.78 is 41.1. The van der Waals surface area contributed by atoms with E-state index < -0.39 is 22.8 Å². The largest absolute Gasteiger partial charge is 0.479 e. The topological polar surface area (TPSA) is 109 Å². The normalized spacial score (nSPS) is 22.6. The van der Waals surface area contributed by atoms with Gasteiger partial charge in [-0.15, -0.1) is 11.3 Å². The first-order valence-electron chi connectivity index (χ1n) is 11.8. The number of carboxylic acids is 1. The quantitative estimate of drug-likeness (QED) is 0.527. The number of halogens is 3. The molecule has 3 aromatic rings. The fourth-order valence-corrected chi connectivity index (χ4v) is 6.03. The van der Waals surface area contributed by atoms with E-state index in [2.05, 4.69) is 9.97 Å². The lowest BCUT2D eigenvalue weighted by atomic mass is 9.77. The number of thiazole rings is 1. The van der Waals surface area contributed by atoms with Crippen molar-refractivity contribution in [3.63, 3.8) is 0 Å². The number of aromatic nitrogens is 3. The lowest BCUT2D eigenvalue weighted by Crippen LogP contribution is -2.43. The zero-order chi connectivity index (χ0) is 25.7. The number of rotatable bonds is 5. The minimum Gasteiger partial charge on any atom is -0.479 e. The Hall–Kier alpha value is -2.99. The summed E-state index contributed by atoms with van der Waals surface area (Å²) in [4.78, 5) is 34.6. The highest BCUT2D eigenvalue weighted by Gasteiger charge is 2.41. The average molecular weight is 523 g/mol. The Morgan fingerprint density at radius 1 is 1.22 bits per heavy atom. The minimum absolute atomic E-state index is 0.00373. The molecule has 192 valence electrons. The second kappa shape index (κ2) is 9.15. The van der Waals surface area contributed by atoms with Crippen molar-refractivity contribution in [1.82, 2.24) is 19.4 Å². The van der Waals surface area contributed by atoms with Crippen LogP contribution in [0.5, 0.6) is 0 Å². The van der Waals surface area contributed by atoms with Crippen molar-refractivity contribution in [2.45, 2.75) is 63.4 Å². The third kappa shape index (κ3) is 4.59. The first-order valence-corrected chi connectivity index (χ1v) is 12.6. The van der Waals surface area contributed by atoms with Gasteiger partial charge in [-0.25, -0.2) is 14.8 Å². The van der Waals surface area contributed by atoms with Gasteiger partial charge in [0, 0.05) is 41.3 Å². The molecule has 0 atom stereocenters. The molecule has 5 rings (SSSR count). The van der Waals surface area contributed by atoms with Gasteiger partial charge < -0.3 is 19.7 Å². The summed E-state index contributed by atoms with van der Waals surface area (Å²) in [5.41, 5.74) is 0.857. The summed E-state index contributed by atoms with van der Waals surface area (Å²) in [5, 5.41) is 19.4. The predicted octanol–water partition coefficient (Wildman–Crippen LogP) is 3.84. The van der Waals surface area contributed by atoms with Crippen LogP contribution in [-0.4, -0.2) is 53.7 Å². The number of fused-ring (bicyclic) bond motifs is 3. The van der Waals surface area contributed by atoms with Gasteiger partial charge in [-0.3, -0.25) is 4.79 Å². The summed E-state index contributed by atoms with van der Waals surface area (Å²) >= 11 is 0.602. The number of pyridine rings is 1. The maximum Gasteiger partial charge on any atom is 0.443 e. The van der Waals surface area contributed by atoms with E-state index in [9.17, 15) is 33.0 Å². The van der Waals surface area contributed by atoms with Crippen molar-refractivity contribution in [3.05, 3.63) is 45.7 Å². The number of carbonyl (C=O) groups excluding carboxylic acids is 1. The summed E-state index contributed by atoms with van der Waals surface area (Å²) in [6.07, 6.45) is 0.434. The SMILES string of the molecule is O=C(C[C@H]1CC[C@@](O)(C(=O)O)CC1)N1CCc2c(n(Cc3cnc(C(F)(F)F)s3)c3ncccc23)C1. The molecule has 0 saturated heterocycles. The van der Waals surface area contributed by atoms with Crippen molar-refractivity contribution in [2.24, 2.45) is 5.92 Å². The van der Waals surface area contributed by atoms with E-state index in [0.29, 0.717) is 54.2 Å². The van der Waals surface area contributed by atoms with Gasteiger partial charge in [-0.1, -0.05) is 0 Å². The molecule has 4 heterocycles. The Kier molecular flexibility index (Phi) is 6.27. The zero-order valence-electron chi connectivity index (χ0n) is 19.3. The zero-order valence-corrected chi connectivity index (χ0v) is 20.1. The standard InChI is InChI=1S/C24H25F3N4O4S/c25-24(26,27)21-29-11-15(36-21)12-31-18-13-30(9-5-16(18)17-2-1-8-28-20(17)31)19(32)10-14-3-6-23(35,7-4-14)22(33)34/h1-2,8,11,14,35H,3-7,9-10,12-13H2,(H,33,34)/t14-,23-. The molecule has 0 radical (unpaired) electrons. The molecule has 0 aromatic carbocycles. The molecule has 1 aliphatic heterocycles. The van der Waals surface area contributed by atoms with Crippen molar-refractivity contribution in [3.8, 4) is 0 Å². The minimum atomic E-state index is -4.50. The molecule has 2 N–H and O–H groups in total. The Balaban J connectivity index is 1.35. The summed E-state index contributed by atoms with van der Waals surface area (Å²) in [7, 11) is 0. The van der Waals surface area contributed by atoms with Crippen LogP contribution in [0.3, 0.4) is 0 Å². The highest BCUT2D eigenvalue weighted by Crippen LogP contribution is 2.37. The van der Waals surface area contributed by atoms with Crippen molar-refractivity contribution >= 4 is 34.2 Å². The van der Waals surface area contributed by atoms with Crippen molar-refractivity contribution in [2.75, 3.05) is 6.54 Å². The first-order chi connectivity index (χ1) is 17.0. The smallest absolute Gasteiger partial charge is 0.443 e. The van der Waals surface area contributed by atoms with E-state index in [4.69, 9.17) is 0 Å². The lowest BCUT2D eigenvalue weighted by Gasteiger charge is -2.34. The molecule has 0 unspecified atom stereocenters. The highest BCUT2D eigenvalue weighted by atomic mass is 32.1. The number of hydrogen-bond acceptors (Lipinski definition) is 6. The van der Waals surface area contributed by atoms with Gasteiger partial charge in [0.05, 0.1) is 13.1 Å². The van der Waals surface area contributed by atoms with Gasteiger partial charge >= 0.3 is 12.1 Å². The fourth-order valence-electron chi connectivity index (χ4n) is 5.26. The first kappa shape index (κ1) is 24.7. The Bertz CT molecular complexity index is 1310. The fraction of sp³-hybridized carbons (Fsp3) is 0.500. The molecular formula is C24H25F3N4O4S. The maximum absolute atomic E-state index is 13.2. The lowest BCUT2D eigenvalue weighted by molar-refractivity contribution is -0.163. The van der Waals surface area contributed by atoms with Crippen LogP contribution in [-0.2, 0) is 35.3 Å². The van der Waals surface area contributed by atoms with Crippen LogP contribution < -0.4 is 0 Å². The monoisotopic (exact) mass is 522 g/mol. The maximum atomic E-state index is 13.2. The molecule has 12 heteroatoms. The molecule has 2 aliphatic rings. The van der Waals surface area contributed by atoms with Gasteiger partial charge in [0.1, 0.15) is 5.65 Å². The van der Waals surface area contributed by atoms with Crippen LogP contribution in [0.15, 0.2) is 24.5 Å². The number of carbonyl (C=O) groups is 2. The van der Waals surface area contributed by atoms with Crippen LogP contribution in [0.1, 0.15) is 53.2 Å². The van der Waals surface area contributed by atoms with Gasteiger partial charge in [-0.05, 0) is 55.7 Å². The Morgan fingerprint density at radius 2 is 1.97 bits per heavy atom. The van der Waals surface area contributed by atoms with Gasteiger partial charge in [0.2, 0.25) is 5.91 Å². The van der Waals surface area contributed by atoms with Gasteiger partial charge in [-0.2, -0.15) is 13.2 Å². The van der Waals surface area contributed by atoms with Crippen LogP contribution >= 0.6 is 11.3 Å². The summed E-state index contributed by atoms with van der Waals surface area (Å²) in [6, 6.07) is 3.76. The molecule has 1 fully saturated rings. The van der Waals surface area contributed by atoms with Crippen LogP contribution in [0.2, 0.25) is 0 Å². The molecule has 0 bridgehead atoms. The van der Waals surface area contributed by atoms with Crippen LogP contribution in [0.25, 0.3) is 11.0 Å². The predicted molar refractivity (Wildman–Crippen MR) is 124 cm³/mol. The molecule has 3 aromatic heterocycles. The summed E-state index contributed by atoms with van der Waals surface area (Å²) in [5.74, 6) is -1.27. The number of amides is 1. The molecule has 8 nitrogen and oxygen atoms in total. The number of aliphatic carboxylic acids is 1. The third-order valence-electron chi connectivity index (χ3n) is 7.27. The number of nitrogens with zero attached hydrogens (tertiary/aromatic N) is 4. The Labute approximate surface area is 208 Å². The van der Waals surface area contributed by atoms with Crippen LogP contribution in [0, 0.1) is 5.92 Å². The van der Waals surface area contributed by atoms with E-state index in [-0.39, 0.29) is 37.6 Å². The average Bonchev–Trinajstić information content (AvgIpc) is 3.44. The van der Waals surface area contributed by atoms with Crippen LogP contribution in [0.4, 0.5) is 13.2 Å². The van der Waals surface area contributed by atoms with E-state index in [0.717, 1.165) is 16.6 Å². The molecule has 1 amide bonds. The van der Waals surface area contributed by atoms with Crippen molar-refractivity contribution < 1.29 is 33.0 Å². The number of alkyl halides is 3. The molecule has 1 saturated carbocycles. The highest BCUT2D eigenvalue weighted by molar-refractivity contribution is 7.11.